The first-order chi connectivity index (χ1) is 10.7. The highest BCUT2D eigenvalue weighted by molar-refractivity contribution is 5.68. The molecule has 0 bridgehead atoms. The quantitative estimate of drug-likeness (QED) is 0.924. The molecule has 2 aliphatic rings. The molecule has 5 heteroatoms. The summed E-state index contributed by atoms with van der Waals surface area (Å²) in [6.07, 6.45) is 8.84. The van der Waals surface area contributed by atoms with Crippen LogP contribution in [0.2, 0.25) is 0 Å². The van der Waals surface area contributed by atoms with E-state index in [0.717, 1.165) is 43.4 Å². The highest BCUT2D eigenvalue weighted by Crippen LogP contribution is 2.40. The number of fused-ring (bicyclic) bond motifs is 1. The molecular weight excluding hydrogens is 280 g/mol. The topological polar surface area (TPSA) is 83.2 Å². The van der Waals surface area contributed by atoms with Crippen molar-refractivity contribution < 1.29 is 14.6 Å². The maximum Gasteiger partial charge on any atom is 0.341 e. The van der Waals surface area contributed by atoms with Crippen molar-refractivity contribution in [2.75, 3.05) is 6.61 Å². The summed E-state index contributed by atoms with van der Waals surface area (Å²) in [4.78, 5) is 15.4. The van der Waals surface area contributed by atoms with E-state index in [-0.39, 0.29) is 5.88 Å². The third kappa shape index (κ3) is 2.78. The van der Waals surface area contributed by atoms with Crippen molar-refractivity contribution in [3.8, 4) is 11.9 Å². The van der Waals surface area contributed by atoms with Gasteiger partial charge in [-0.25, -0.2) is 9.78 Å². The third-order valence-corrected chi connectivity index (χ3v) is 4.70. The average molecular weight is 300 g/mol. The monoisotopic (exact) mass is 300 g/mol. The first-order valence-electron chi connectivity index (χ1n) is 8.01. The van der Waals surface area contributed by atoms with Gasteiger partial charge in [-0.3, -0.25) is 0 Å². The standard InChI is InChI=1S/C17H20N2O3/c18-9-14-12-7-4-8-13(12)16(11-5-2-1-3-6-11)19-17(14)22-10-15(20)21/h11H,1-8,10H2,(H,20,21). The molecule has 22 heavy (non-hydrogen) atoms. The van der Waals surface area contributed by atoms with Gasteiger partial charge in [-0.15, -0.1) is 0 Å². The Balaban J connectivity index is 2.02. The Hall–Kier alpha value is -2.09. The van der Waals surface area contributed by atoms with Crippen molar-refractivity contribution in [3.05, 3.63) is 22.4 Å². The Morgan fingerprint density at radius 1 is 1.23 bits per heavy atom. The second kappa shape index (κ2) is 6.35. The van der Waals surface area contributed by atoms with Crippen molar-refractivity contribution >= 4 is 5.97 Å². The van der Waals surface area contributed by atoms with Crippen molar-refractivity contribution in [3.63, 3.8) is 0 Å². The average Bonchev–Trinajstić information content (AvgIpc) is 3.01. The second-order valence-electron chi connectivity index (χ2n) is 6.12. The maximum absolute atomic E-state index is 10.8. The zero-order chi connectivity index (χ0) is 15.5. The SMILES string of the molecule is N#Cc1c(OCC(=O)O)nc(C2CCCCC2)c2c1CCC2. The number of ether oxygens (including phenoxy) is 1. The number of carbonyl (C=O) groups is 1. The maximum atomic E-state index is 10.8. The number of aliphatic carboxylic acids is 1. The molecule has 1 heterocycles. The normalized spacial score (nSPS) is 17.8. The molecule has 116 valence electrons. The fourth-order valence-electron chi connectivity index (χ4n) is 3.73. The van der Waals surface area contributed by atoms with Gasteiger partial charge in [0, 0.05) is 5.92 Å². The lowest BCUT2D eigenvalue weighted by Gasteiger charge is -2.24. The molecule has 5 nitrogen and oxygen atoms in total. The summed E-state index contributed by atoms with van der Waals surface area (Å²) in [5, 5.41) is 18.2. The van der Waals surface area contributed by atoms with Crippen LogP contribution in [-0.4, -0.2) is 22.7 Å². The van der Waals surface area contributed by atoms with E-state index in [1.807, 2.05) is 0 Å². The number of rotatable bonds is 4. The Morgan fingerprint density at radius 2 is 1.95 bits per heavy atom. The minimum Gasteiger partial charge on any atom is -0.479 e. The lowest BCUT2D eigenvalue weighted by atomic mass is 9.84. The number of nitrogens with zero attached hydrogens (tertiary/aromatic N) is 2. The Bertz CT molecular complexity index is 628. The fourth-order valence-corrected chi connectivity index (χ4v) is 3.73. The highest BCUT2D eigenvalue weighted by Gasteiger charge is 2.29. The molecule has 0 amide bonds. The molecule has 0 unspecified atom stereocenters. The largest absolute Gasteiger partial charge is 0.479 e. The predicted octanol–water partition coefficient (Wildman–Crippen LogP) is 2.95. The highest BCUT2D eigenvalue weighted by atomic mass is 16.5. The fraction of sp³-hybridized carbons (Fsp3) is 0.588. The number of nitriles is 1. The molecule has 2 aliphatic carbocycles. The number of carboxylic acids is 1. The van der Waals surface area contributed by atoms with Crippen LogP contribution in [-0.2, 0) is 17.6 Å². The molecule has 0 spiro atoms. The molecule has 1 N–H and O–H groups in total. The Morgan fingerprint density at radius 3 is 2.64 bits per heavy atom. The van der Waals surface area contributed by atoms with E-state index >= 15 is 0 Å². The van der Waals surface area contributed by atoms with Crippen molar-refractivity contribution in [2.24, 2.45) is 0 Å². The predicted molar refractivity (Wildman–Crippen MR) is 79.9 cm³/mol. The van der Waals surface area contributed by atoms with Gasteiger partial charge in [0.25, 0.3) is 0 Å². The molecule has 3 rings (SSSR count). The summed E-state index contributed by atoms with van der Waals surface area (Å²) >= 11 is 0. The van der Waals surface area contributed by atoms with Gasteiger partial charge in [-0.1, -0.05) is 19.3 Å². The van der Waals surface area contributed by atoms with E-state index in [4.69, 9.17) is 9.84 Å². The first-order valence-corrected chi connectivity index (χ1v) is 8.01. The summed E-state index contributed by atoms with van der Waals surface area (Å²) in [5.41, 5.74) is 3.77. The smallest absolute Gasteiger partial charge is 0.341 e. The number of hydrogen-bond acceptors (Lipinski definition) is 4. The van der Waals surface area contributed by atoms with Gasteiger partial charge in [0.05, 0.1) is 5.69 Å². The minimum absolute atomic E-state index is 0.214. The van der Waals surface area contributed by atoms with Gasteiger partial charge in [0.1, 0.15) is 11.6 Å². The molecular formula is C17H20N2O3. The zero-order valence-corrected chi connectivity index (χ0v) is 12.6. The van der Waals surface area contributed by atoms with Crippen LogP contribution in [0.15, 0.2) is 0 Å². The Kier molecular flexibility index (Phi) is 4.28. The number of carboxylic acid groups (broad SMARTS) is 1. The molecule has 1 saturated carbocycles. The van der Waals surface area contributed by atoms with E-state index in [2.05, 4.69) is 11.1 Å². The number of pyridine rings is 1. The summed E-state index contributed by atoms with van der Waals surface area (Å²) in [6.45, 7) is -0.454. The molecule has 0 radical (unpaired) electrons. The van der Waals surface area contributed by atoms with E-state index < -0.39 is 12.6 Å². The van der Waals surface area contributed by atoms with Crippen molar-refractivity contribution in [1.29, 1.82) is 5.26 Å². The van der Waals surface area contributed by atoms with Crippen molar-refractivity contribution in [1.82, 2.24) is 4.98 Å². The molecule has 1 fully saturated rings. The van der Waals surface area contributed by atoms with E-state index in [0.29, 0.717) is 11.5 Å². The summed E-state index contributed by atoms with van der Waals surface area (Å²) in [6, 6.07) is 2.17. The van der Waals surface area contributed by atoms with Crippen LogP contribution in [0.5, 0.6) is 5.88 Å². The molecule has 1 aromatic rings. The first kappa shape index (κ1) is 14.8. The number of aromatic nitrogens is 1. The van der Waals surface area contributed by atoms with Crippen molar-refractivity contribution in [2.45, 2.75) is 57.3 Å². The van der Waals surface area contributed by atoms with Crippen LogP contribution < -0.4 is 4.74 Å². The summed E-state index contributed by atoms with van der Waals surface area (Å²) in [5.74, 6) is -0.406. The van der Waals surface area contributed by atoms with E-state index in [1.165, 1.54) is 24.8 Å². The van der Waals surface area contributed by atoms with E-state index in [9.17, 15) is 10.1 Å². The van der Waals surface area contributed by atoms with Gasteiger partial charge >= 0.3 is 5.97 Å². The van der Waals surface area contributed by atoms with Gasteiger partial charge < -0.3 is 9.84 Å². The van der Waals surface area contributed by atoms with Gasteiger partial charge in [-0.2, -0.15) is 5.26 Å². The van der Waals surface area contributed by atoms with Crippen LogP contribution in [0.25, 0.3) is 0 Å². The van der Waals surface area contributed by atoms with Gasteiger partial charge in [-0.05, 0) is 43.2 Å². The van der Waals surface area contributed by atoms with Crippen LogP contribution in [0, 0.1) is 11.3 Å². The van der Waals surface area contributed by atoms with Crippen LogP contribution in [0.3, 0.4) is 0 Å². The molecule has 0 atom stereocenters. The molecule has 0 aliphatic heterocycles. The van der Waals surface area contributed by atoms with Crippen LogP contribution >= 0.6 is 0 Å². The van der Waals surface area contributed by atoms with E-state index in [1.54, 1.807) is 0 Å². The van der Waals surface area contributed by atoms with Gasteiger partial charge in [0.15, 0.2) is 6.61 Å². The molecule has 1 aromatic heterocycles. The van der Waals surface area contributed by atoms with Crippen LogP contribution in [0.4, 0.5) is 0 Å². The lowest BCUT2D eigenvalue weighted by Crippen LogP contribution is -2.15. The second-order valence-corrected chi connectivity index (χ2v) is 6.12. The summed E-state index contributed by atoms with van der Waals surface area (Å²) in [7, 11) is 0. The van der Waals surface area contributed by atoms with Gasteiger partial charge in [0.2, 0.25) is 5.88 Å². The zero-order valence-electron chi connectivity index (χ0n) is 12.6. The third-order valence-electron chi connectivity index (χ3n) is 4.70. The number of hydrogen-bond donors (Lipinski definition) is 1. The molecule has 0 saturated heterocycles. The minimum atomic E-state index is -1.05. The lowest BCUT2D eigenvalue weighted by molar-refractivity contribution is -0.139. The van der Waals surface area contributed by atoms with Crippen LogP contribution in [0.1, 0.15) is 66.8 Å². The summed E-state index contributed by atoms with van der Waals surface area (Å²) < 4.78 is 5.31. The molecule has 0 aromatic carbocycles. The Labute approximate surface area is 129 Å².